The normalized spacial score (nSPS) is 12.0. The van der Waals surface area contributed by atoms with E-state index >= 15 is 0 Å². The second kappa shape index (κ2) is 4.96. The topological polar surface area (TPSA) is 86.0 Å². The minimum Gasteiger partial charge on any atom is -0.295 e. The van der Waals surface area contributed by atoms with E-state index in [4.69, 9.17) is 0 Å². The predicted molar refractivity (Wildman–Crippen MR) is 85.8 cm³/mol. The van der Waals surface area contributed by atoms with Crippen LogP contribution in [-0.4, -0.2) is 22.5 Å². The third-order valence-electron chi connectivity index (χ3n) is 3.40. The molecule has 0 fully saturated rings. The average molecular weight is 338 g/mol. The van der Waals surface area contributed by atoms with Gasteiger partial charge in [0.05, 0.1) is 15.9 Å². The first kappa shape index (κ1) is 14.8. The lowest BCUT2D eigenvalue weighted by Gasteiger charge is -2.05. The molecule has 0 unspecified atom stereocenters. The van der Waals surface area contributed by atoms with Gasteiger partial charge >= 0.3 is 5.69 Å². The van der Waals surface area contributed by atoms with E-state index in [0.717, 1.165) is 4.88 Å². The lowest BCUT2D eigenvalue weighted by atomic mass is 10.3. The van der Waals surface area contributed by atoms with Gasteiger partial charge in [-0.1, -0.05) is 0 Å². The number of rotatable bonds is 3. The molecule has 0 amide bonds. The first-order valence-corrected chi connectivity index (χ1v) is 8.70. The molecule has 2 aromatic heterocycles. The third kappa shape index (κ3) is 2.32. The fraction of sp³-hybridized carbons (Fsp3) is 0.231. The highest BCUT2D eigenvalue weighted by Gasteiger charge is 2.18. The van der Waals surface area contributed by atoms with Crippen LogP contribution in [0.3, 0.4) is 0 Å². The highest BCUT2D eigenvalue weighted by molar-refractivity contribution is 7.93. The second-order valence-corrected chi connectivity index (χ2v) is 7.85. The molecular weight excluding hydrogens is 324 g/mol. The van der Waals surface area contributed by atoms with Crippen molar-refractivity contribution in [1.82, 2.24) is 14.1 Å². The Morgan fingerprint density at radius 3 is 2.50 bits per heavy atom. The van der Waals surface area contributed by atoms with Crippen LogP contribution in [0.25, 0.3) is 11.0 Å². The Morgan fingerprint density at radius 2 is 1.86 bits per heavy atom. The molecule has 22 heavy (non-hydrogen) atoms. The number of nitrogens with one attached hydrogen (secondary N) is 1. The van der Waals surface area contributed by atoms with E-state index in [-0.39, 0.29) is 10.6 Å². The summed E-state index contributed by atoms with van der Waals surface area (Å²) in [6, 6.07) is 4.59. The smallest absolute Gasteiger partial charge is 0.295 e. The van der Waals surface area contributed by atoms with Crippen LogP contribution in [0.5, 0.6) is 0 Å². The molecular formula is C13H14N4O3S2. The number of anilines is 1. The van der Waals surface area contributed by atoms with Gasteiger partial charge in [0.25, 0.3) is 10.0 Å². The fourth-order valence-electron chi connectivity index (χ4n) is 2.23. The summed E-state index contributed by atoms with van der Waals surface area (Å²) in [4.78, 5) is 16.9. The summed E-state index contributed by atoms with van der Waals surface area (Å²) in [6.45, 7) is 1.85. The average Bonchev–Trinajstić information content (AvgIpc) is 2.96. The summed E-state index contributed by atoms with van der Waals surface area (Å²) in [5.74, 6) is 0. The van der Waals surface area contributed by atoms with Crippen molar-refractivity contribution >= 4 is 37.5 Å². The molecule has 0 aliphatic carbocycles. The highest BCUT2D eigenvalue weighted by Crippen LogP contribution is 2.23. The Bertz CT molecular complexity index is 1030. The number of thiazole rings is 1. The number of fused-ring (bicyclic) bond motifs is 1. The van der Waals surface area contributed by atoms with Gasteiger partial charge in [-0.3, -0.25) is 13.9 Å². The van der Waals surface area contributed by atoms with Crippen LogP contribution < -0.4 is 10.4 Å². The van der Waals surface area contributed by atoms with E-state index in [9.17, 15) is 13.2 Å². The molecule has 0 radical (unpaired) electrons. The summed E-state index contributed by atoms with van der Waals surface area (Å²) < 4.78 is 30.2. The first-order valence-electron chi connectivity index (χ1n) is 6.40. The monoisotopic (exact) mass is 338 g/mol. The number of benzene rings is 1. The van der Waals surface area contributed by atoms with Gasteiger partial charge in [-0.25, -0.2) is 18.2 Å². The standard InChI is InChI=1S/C13H14N4O3S2/c1-8-7-14-12(21-8)15-22(19,20)9-4-5-10-11(6-9)17(3)13(18)16(10)2/h4-7H,1-3H3,(H,14,15). The zero-order valence-corrected chi connectivity index (χ0v) is 13.8. The maximum absolute atomic E-state index is 12.4. The van der Waals surface area contributed by atoms with Crippen molar-refractivity contribution in [2.24, 2.45) is 14.1 Å². The molecule has 0 bridgehead atoms. The van der Waals surface area contributed by atoms with Gasteiger partial charge in [0.15, 0.2) is 5.13 Å². The van der Waals surface area contributed by atoms with Crippen molar-refractivity contribution in [3.05, 3.63) is 39.8 Å². The number of hydrogen-bond acceptors (Lipinski definition) is 5. The summed E-state index contributed by atoms with van der Waals surface area (Å²) in [6.07, 6.45) is 1.60. The number of hydrogen-bond donors (Lipinski definition) is 1. The van der Waals surface area contributed by atoms with Gasteiger partial charge < -0.3 is 0 Å². The van der Waals surface area contributed by atoms with Crippen molar-refractivity contribution in [2.75, 3.05) is 4.72 Å². The number of imidazole rings is 1. The Morgan fingerprint density at radius 1 is 1.18 bits per heavy atom. The van der Waals surface area contributed by atoms with Crippen LogP contribution in [0.2, 0.25) is 0 Å². The third-order valence-corrected chi connectivity index (χ3v) is 5.69. The Labute approximate surface area is 130 Å². The largest absolute Gasteiger partial charge is 0.328 e. The second-order valence-electron chi connectivity index (χ2n) is 4.93. The van der Waals surface area contributed by atoms with Crippen molar-refractivity contribution in [3.8, 4) is 0 Å². The molecule has 9 heteroatoms. The van der Waals surface area contributed by atoms with Gasteiger partial charge in [0.2, 0.25) is 0 Å². The summed E-state index contributed by atoms with van der Waals surface area (Å²) in [7, 11) is -0.480. The SMILES string of the molecule is Cc1cnc(NS(=O)(=O)c2ccc3c(c2)n(C)c(=O)n3C)s1. The van der Waals surface area contributed by atoms with E-state index < -0.39 is 10.0 Å². The molecule has 0 atom stereocenters. The van der Waals surface area contributed by atoms with E-state index in [1.165, 1.54) is 32.6 Å². The molecule has 0 saturated carbocycles. The Hall–Kier alpha value is -2.13. The zero-order chi connectivity index (χ0) is 16.1. The van der Waals surface area contributed by atoms with Crippen LogP contribution >= 0.6 is 11.3 Å². The minimum absolute atomic E-state index is 0.0917. The highest BCUT2D eigenvalue weighted by atomic mass is 32.2. The van der Waals surface area contributed by atoms with Crippen molar-refractivity contribution in [3.63, 3.8) is 0 Å². The van der Waals surface area contributed by atoms with Crippen LogP contribution in [-0.2, 0) is 24.1 Å². The molecule has 3 rings (SSSR count). The maximum atomic E-state index is 12.4. The van der Waals surface area contributed by atoms with Crippen molar-refractivity contribution in [2.45, 2.75) is 11.8 Å². The first-order chi connectivity index (χ1) is 10.3. The summed E-state index contributed by atoms with van der Waals surface area (Å²) in [5.41, 5.74) is 1.04. The van der Waals surface area contributed by atoms with E-state index in [2.05, 4.69) is 9.71 Å². The molecule has 0 spiro atoms. The molecule has 3 aromatic rings. The minimum atomic E-state index is -3.74. The van der Waals surface area contributed by atoms with Gasteiger partial charge in [-0.2, -0.15) is 0 Å². The molecule has 2 heterocycles. The van der Waals surface area contributed by atoms with Gasteiger partial charge in [0.1, 0.15) is 0 Å². The van der Waals surface area contributed by atoms with Gasteiger partial charge in [-0.15, -0.1) is 11.3 Å². The lowest BCUT2D eigenvalue weighted by Crippen LogP contribution is -2.19. The fourth-order valence-corrected chi connectivity index (χ4v) is 4.16. The number of aryl methyl sites for hydroxylation is 3. The van der Waals surface area contributed by atoms with Crippen molar-refractivity contribution < 1.29 is 8.42 Å². The Balaban J connectivity index is 2.09. The van der Waals surface area contributed by atoms with Gasteiger partial charge in [0, 0.05) is 25.2 Å². The van der Waals surface area contributed by atoms with E-state index in [1.807, 2.05) is 6.92 Å². The quantitative estimate of drug-likeness (QED) is 0.783. The van der Waals surface area contributed by atoms with Crippen LogP contribution in [0.4, 0.5) is 5.13 Å². The maximum Gasteiger partial charge on any atom is 0.328 e. The van der Waals surface area contributed by atoms with Crippen LogP contribution in [0.15, 0.2) is 34.1 Å². The lowest BCUT2D eigenvalue weighted by molar-refractivity contribution is 0.601. The predicted octanol–water partition coefficient (Wildman–Crippen LogP) is 1.44. The van der Waals surface area contributed by atoms with Crippen LogP contribution in [0, 0.1) is 6.92 Å². The van der Waals surface area contributed by atoms with Crippen molar-refractivity contribution in [1.29, 1.82) is 0 Å². The number of nitrogens with zero attached hydrogens (tertiary/aromatic N) is 3. The van der Waals surface area contributed by atoms with Gasteiger partial charge in [-0.05, 0) is 25.1 Å². The summed E-state index contributed by atoms with van der Waals surface area (Å²) in [5, 5.41) is 0.319. The van der Waals surface area contributed by atoms with E-state index in [0.29, 0.717) is 16.2 Å². The zero-order valence-electron chi connectivity index (χ0n) is 12.2. The number of aromatic nitrogens is 3. The Kier molecular flexibility index (Phi) is 3.33. The van der Waals surface area contributed by atoms with E-state index in [1.54, 1.807) is 26.4 Å². The summed E-state index contributed by atoms with van der Waals surface area (Å²) >= 11 is 1.26. The molecule has 7 nitrogen and oxygen atoms in total. The molecule has 0 aliphatic rings. The number of sulfonamides is 1. The molecule has 1 aromatic carbocycles. The molecule has 116 valence electrons. The molecule has 1 N–H and O–H groups in total. The molecule has 0 saturated heterocycles. The molecule has 0 aliphatic heterocycles. The van der Waals surface area contributed by atoms with Crippen LogP contribution in [0.1, 0.15) is 4.88 Å².